The maximum atomic E-state index is 10.7. The fourth-order valence-corrected chi connectivity index (χ4v) is 2.31. The van der Waals surface area contributed by atoms with Gasteiger partial charge in [-0.1, -0.05) is 12.1 Å². The zero-order valence-corrected chi connectivity index (χ0v) is 12.5. The quantitative estimate of drug-likeness (QED) is 0.636. The third kappa shape index (κ3) is 3.57. The Hall–Kier alpha value is -1.89. The number of aromatic carboxylic acids is 1. The smallest absolute Gasteiger partial charge is 0.335 e. The van der Waals surface area contributed by atoms with E-state index in [1.165, 1.54) is 0 Å². The monoisotopic (exact) mass is 382 g/mol. The molecule has 20 heavy (non-hydrogen) atoms. The van der Waals surface area contributed by atoms with E-state index in [1.54, 1.807) is 42.5 Å². The maximum absolute atomic E-state index is 10.7. The van der Waals surface area contributed by atoms with Crippen LogP contribution in [0.25, 0.3) is 0 Å². The van der Waals surface area contributed by atoms with Gasteiger partial charge in [0.25, 0.3) is 0 Å². The molecule has 0 saturated carbocycles. The zero-order chi connectivity index (χ0) is 14.5. The first-order valence-corrected chi connectivity index (χ1v) is 6.88. The second-order valence-corrected chi connectivity index (χ2v) is 5.26. The number of benzene rings is 2. The highest BCUT2D eigenvalue weighted by Crippen LogP contribution is 2.22. The number of rotatable bonds is 5. The van der Waals surface area contributed by atoms with Crippen LogP contribution in [0.3, 0.4) is 0 Å². The van der Waals surface area contributed by atoms with Gasteiger partial charge in [-0.05, 0) is 58.5 Å². The van der Waals surface area contributed by atoms with Crippen molar-refractivity contribution in [3.63, 3.8) is 0 Å². The summed E-state index contributed by atoms with van der Waals surface area (Å²) in [6.07, 6.45) is 0.788. The highest BCUT2D eigenvalue weighted by molar-refractivity contribution is 14.1. The van der Waals surface area contributed by atoms with Gasteiger partial charge in [0.1, 0.15) is 18.6 Å². The van der Waals surface area contributed by atoms with Crippen LogP contribution in [-0.2, 0) is 6.61 Å². The van der Waals surface area contributed by atoms with Gasteiger partial charge in [0, 0.05) is 5.56 Å². The minimum atomic E-state index is -0.948. The van der Waals surface area contributed by atoms with Gasteiger partial charge in [-0.25, -0.2) is 4.79 Å². The predicted molar refractivity (Wildman–Crippen MR) is 82.3 cm³/mol. The van der Waals surface area contributed by atoms with Gasteiger partial charge in [0.15, 0.2) is 0 Å². The van der Waals surface area contributed by atoms with Crippen molar-refractivity contribution in [1.82, 2.24) is 0 Å². The number of halogens is 1. The molecule has 0 unspecified atom stereocenters. The number of carbonyl (C=O) groups excluding carboxylic acids is 1. The summed E-state index contributed by atoms with van der Waals surface area (Å²) in [4.78, 5) is 21.4. The fourth-order valence-electron chi connectivity index (χ4n) is 1.61. The van der Waals surface area contributed by atoms with Crippen LogP contribution >= 0.6 is 22.6 Å². The molecule has 2 aromatic rings. The maximum Gasteiger partial charge on any atom is 0.335 e. The SMILES string of the molecule is O=Cc1ccc(OCc2ccc(C(=O)O)cc2)c(I)c1. The molecule has 0 radical (unpaired) electrons. The molecule has 5 heteroatoms. The molecule has 0 aliphatic rings. The first-order valence-electron chi connectivity index (χ1n) is 5.80. The molecule has 2 aromatic carbocycles. The molecule has 0 aliphatic heterocycles. The molecule has 0 bridgehead atoms. The van der Waals surface area contributed by atoms with Crippen LogP contribution in [0.2, 0.25) is 0 Å². The van der Waals surface area contributed by atoms with Crippen molar-refractivity contribution in [1.29, 1.82) is 0 Å². The lowest BCUT2D eigenvalue weighted by molar-refractivity contribution is 0.0696. The Morgan fingerprint density at radius 3 is 2.45 bits per heavy atom. The van der Waals surface area contributed by atoms with E-state index >= 15 is 0 Å². The van der Waals surface area contributed by atoms with E-state index in [9.17, 15) is 9.59 Å². The second-order valence-electron chi connectivity index (χ2n) is 4.10. The Morgan fingerprint density at radius 2 is 1.90 bits per heavy atom. The summed E-state index contributed by atoms with van der Waals surface area (Å²) in [5, 5.41) is 8.81. The van der Waals surface area contributed by atoms with Crippen molar-refractivity contribution in [3.05, 3.63) is 62.7 Å². The lowest BCUT2D eigenvalue weighted by Crippen LogP contribution is -2.00. The van der Waals surface area contributed by atoms with Crippen LogP contribution in [0.4, 0.5) is 0 Å². The number of hydrogen-bond donors (Lipinski definition) is 1. The minimum absolute atomic E-state index is 0.249. The number of aldehydes is 1. The summed E-state index contributed by atoms with van der Waals surface area (Å²) < 4.78 is 6.51. The lowest BCUT2D eigenvalue weighted by Gasteiger charge is -2.09. The van der Waals surface area contributed by atoms with Crippen molar-refractivity contribution < 1.29 is 19.4 Å². The molecule has 0 spiro atoms. The van der Waals surface area contributed by atoms with E-state index in [2.05, 4.69) is 22.6 Å². The molecule has 0 saturated heterocycles. The summed E-state index contributed by atoms with van der Waals surface area (Å²) in [5.41, 5.74) is 1.73. The van der Waals surface area contributed by atoms with Gasteiger partial charge in [0.05, 0.1) is 9.13 Å². The van der Waals surface area contributed by atoms with E-state index < -0.39 is 5.97 Å². The largest absolute Gasteiger partial charge is 0.488 e. The number of carboxylic acid groups (broad SMARTS) is 1. The Morgan fingerprint density at radius 1 is 1.20 bits per heavy atom. The summed E-state index contributed by atoms with van der Waals surface area (Å²) in [6, 6.07) is 11.7. The number of hydrogen-bond acceptors (Lipinski definition) is 3. The van der Waals surface area contributed by atoms with Crippen LogP contribution in [0.5, 0.6) is 5.75 Å². The Bertz CT molecular complexity index is 635. The average Bonchev–Trinajstić information content (AvgIpc) is 2.46. The molecule has 0 aromatic heterocycles. The molecule has 1 N–H and O–H groups in total. The second kappa shape index (κ2) is 6.51. The van der Waals surface area contributed by atoms with Gasteiger partial charge < -0.3 is 9.84 Å². The van der Waals surface area contributed by atoms with Crippen molar-refractivity contribution >= 4 is 34.8 Å². The first-order chi connectivity index (χ1) is 9.60. The summed E-state index contributed by atoms with van der Waals surface area (Å²) in [7, 11) is 0. The molecule has 0 amide bonds. The van der Waals surface area contributed by atoms with Crippen LogP contribution in [0, 0.1) is 3.57 Å². The van der Waals surface area contributed by atoms with Gasteiger partial charge in [-0.15, -0.1) is 0 Å². The molecule has 2 rings (SSSR count). The molecule has 4 nitrogen and oxygen atoms in total. The Balaban J connectivity index is 2.05. The summed E-state index contributed by atoms with van der Waals surface area (Å²) >= 11 is 2.10. The van der Waals surface area contributed by atoms with Crippen molar-refractivity contribution in [2.24, 2.45) is 0 Å². The van der Waals surface area contributed by atoms with Crippen molar-refractivity contribution in [2.45, 2.75) is 6.61 Å². The van der Waals surface area contributed by atoms with Gasteiger partial charge in [-0.3, -0.25) is 4.79 Å². The lowest BCUT2D eigenvalue weighted by atomic mass is 10.1. The average molecular weight is 382 g/mol. The molecule has 0 heterocycles. The Kier molecular flexibility index (Phi) is 4.73. The topological polar surface area (TPSA) is 63.6 Å². The molecule has 0 aliphatic carbocycles. The molecular formula is C15H11IO4. The standard InChI is InChI=1S/C15H11IO4/c16-13-7-11(8-17)3-6-14(13)20-9-10-1-4-12(5-2-10)15(18)19/h1-8H,9H2,(H,18,19). The number of carbonyl (C=O) groups is 2. The van der Waals surface area contributed by atoms with Crippen molar-refractivity contribution in [3.8, 4) is 5.75 Å². The summed E-state index contributed by atoms with van der Waals surface area (Å²) in [6.45, 7) is 0.344. The van der Waals surface area contributed by atoms with E-state index in [4.69, 9.17) is 9.84 Å². The van der Waals surface area contributed by atoms with E-state index in [0.717, 1.165) is 15.4 Å². The van der Waals surface area contributed by atoms with Crippen molar-refractivity contribution in [2.75, 3.05) is 0 Å². The fraction of sp³-hybridized carbons (Fsp3) is 0.0667. The van der Waals surface area contributed by atoms with Crippen LogP contribution in [0.1, 0.15) is 26.3 Å². The summed E-state index contributed by atoms with van der Waals surface area (Å²) in [5.74, 6) is -0.255. The predicted octanol–water partition coefficient (Wildman–Crippen LogP) is 3.38. The number of ether oxygens (including phenoxy) is 1. The van der Waals surface area contributed by atoms with Gasteiger partial charge in [0.2, 0.25) is 0 Å². The van der Waals surface area contributed by atoms with Crippen LogP contribution < -0.4 is 4.74 Å². The van der Waals surface area contributed by atoms with Crippen LogP contribution in [0.15, 0.2) is 42.5 Å². The van der Waals surface area contributed by atoms with Gasteiger partial charge in [-0.2, -0.15) is 0 Å². The van der Waals surface area contributed by atoms with Crippen LogP contribution in [-0.4, -0.2) is 17.4 Å². The zero-order valence-electron chi connectivity index (χ0n) is 10.4. The normalized spacial score (nSPS) is 10.1. The minimum Gasteiger partial charge on any atom is -0.488 e. The van der Waals surface area contributed by atoms with Gasteiger partial charge >= 0.3 is 5.97 Å². The van der Waals surface area contributed by atoms with E-state index in [1.807, 2.05) is 0 Å². The van der Waals surface area contributed by atoms with E-state index in [0.29, 0.717) is 17.9 Å². The highest BCUT2D eigenvalue weighted by Gasteiger charge is 2.05. The highest BCUT2D eigenvalue weighted by atomic mass is 127. The third-order valence-corrected chi connectivity index (χ3v) is 3.53. The molecular weight excluding hydrogens is 371 g/mol. The molecule has 0 fully saturated rings. The Labute approximate surface area is 129 Å². The number of carboxylic acids is 1. The van der Waals surface area contributed by atoms with E-state index in [-0.39, 0.29) is 5.56 Å². The third-order valence-electron chi connectivity index (χ3n) is 2.69. The molecule has 0 atom stereocenters. The first kappa shape index (κ1) is 14.5. The molecule has 102 valence electrons.